The zero-order chi connectivity index (χ0) is 9.73. The van der Waals surface area contributed by atoms with Crippen LogP contribution in [0.25, 0.3) is 0 Å². The van der Waals surface area contributed by atoms with Gasteiger partial charge in [-0.2, -0.15) is 0 Å². The molecule has 0 N–H and O–H groups in total. The Morgan fingerprint density at radius 1 is 1.07 bits per heavy atom. The van der Waals surface area contributed by atoms with Crippen molar-refractivity contribution in [1.82, 2.24) is 0 Å². The Bertz CT molecular complexity index is 164. The summed E-state index contributed by atoms with van der Waals surface area (Å²) in [6.07, 6.45) is 4.13. The zero-order valence-corrected chi connectivity index (χ0v) is 11.0. The molecule has 0 bridgehead atoms. The van der Waals surface area contributed by atoms with Crippen LogP contribution in [0.2, 0.25) is 0 Å². The minimum Gasteiger partial charge on any atom is -1.00 e. The molecule has 0 aromatic carbocycles. The third-order valence-electron chi connectivity index (χ3n) is 3.13. The SMILES string of the molecule is CCC[N+]1(CCC)CCC(=O)CC1.[Br-]. The quantitative estimate of drug-likeness (QED) is 0.595. The summed E-state index contributed by atoms with van der Waals surface area (Å²) in [4.78, 5) is 11.1. The van der Waals surface area contributed by atoms with Crippen molar-refractivity contribution < 1.29 is 26.3 Å². The number of Topliss-reactive ketones (excluding diaryl/α,β-unsaturated/α-hetero) is 1. The molecule has 1 heterocycles. The van der Waals surface area contributed by atoms with E-state index in [1.165, 1.54) is 30.4 Å². The second-order valence-electron chi connectivity index (χ2n) is 4.27. The number of nitrogens with zero attached hydrogens (tertiary/aromatic N) is 1. The monoisotopic (exact) mass is 263 g/mol. The fourth-order valence-electron chi connectivity index (χ4n) is 2.47. The number of halogens is 1. The van der Waals surface area contributed by atoms with Crippen LogP contribution in [0.5, 0.6) is 0 Å². The van der Waals surface area contributed by atoms with Gasteiger partial charge >= 0.3 is 0 Å². The van der Waals surface area contributed by atoms with Gasteiger partial charge in [-0.05, 0) is 12.8 Å². The number of likely N-dealkylation sites (tertiary alicyclic amines) is 1. The summed E-state index contributed by atoms with van der Waals surface area (Å²) in [5.74, 6) is 0.473. The lowest BCUT2D eigenvalue weighted by Gasteiger charge is -2.40. The van der Waals surface area contributed by atoms with E-state index >= 15 is 0 Å². The summed E-state index contributed by atoms with van der Waals surface area (Å²) >= 11 is 0. The Labute approximate surface area is 98.0 Å². The first-order valence-electron chi connectivity index (χ1n) is 5.59. The summed E-state index contributed by atoms with van der Waals surface area (Å²) in [6, 6.07) is 0. The van der Waals surface area contributed by atoms with Gasteiger partial charge in [0.1, 0.15) is 5.78 Å². The van der Waals surface area contributed by atoms with E-state index in [2.05, 4.69) is 13.8 Å². The Kier molecular flexibility index (Phi) is 6.62. The van der Waals surface area contributed by atoms with Crippen LogP contribution in [0, 0.1) is 0 Å². The van der Waals surface area contributed by atoms with Crippen LogP contribution in [0.1, 0.15) is 39.5 Å². The van der Waals surface area contributed by atoms with E-state index in [0.29, 0.717) is 5.78 Å². The maximum absolute atomic E-state index is 11.1. The zero-order valence-electron chi connectivity index (χ0n) is 9.39. The molecule has 0 aromatic heterocycles. The molecule has 1 fully saturated rings. The molecule has 84 valence electrons. The van der Waals surface area contributed by atoms with E-state index in [1.807, 2.05) is 0 Å². The molecule has 1 rings (SSSR count). The molecule has 0 aromatic rings. The van der Waals surface area contributed by atoms with E-state index < -0.39 is 0 Å². The molecule has 0 saturated carbocycles. The van der Waals surface area contributed by atoms with Crippen molar-refractivity contribution >= 4 is 5.78 Å². The van der Waals surface area contributed by atoms with Crippen molar-refractivity contribution in [3.63, 3.8) is 0 Å². The maximum Gasteiger partial charge on any atom is 0.144 e. The number of carbonyl (C=O) groups is 1. The Hall–Kier alpha value is 0.110. The molecular weight excluding hydrogens is 242 g/mol. The average Bonchev–Trinajstić information content (AvgIpc) is 2.11. The average molecular weight is 264 g/mol. The number of hydrogen-bond donors (Lipinski definition) is 0. The lowest BCUT2D eigenvalue weighted by Crippen LogP contribution is -3.00. The Morgan fingerprint density at radius 2 is 1.50 bits per heavy atom. The standard InChI is InChI=1S/C11H22NO.BrH/c1-3-7-12(8-4-2)9-5-11(13)6-10-12;/h3-10H2,1-2H3;1H/q+1;/p-1. The number of hydrogen-bond acceptors (Lipinski definition) is 1. The van der Waals surface area contributed by atoms with Crippen LogP contribution in [0.3, 0.4) is 0 Å². The predicted molar refractivity (Wildman–Crippen MR) is 54.6 cm³/mol. The largest absolute Gasteiger partial charge is 1.00 e. The van der Waals surface area contributed by atoms with Gasteiger partial charge < -0.3 is 21.5 Å². The molecule has 0 amide bonds. The normalized spacial score (nSPS) is 20.3. The van der Waals surface area contributed by atoms with Gasteiger partial charge in [-0.15, -0.1) is 0 Å². The van der Waals surface area contributed by atoms with Gasteiger partial charge in [0, 0.05) is 0 Å². The summed E-state index contributed by atoms with van der Waals surface area (Å²) in [5.41, 5.74) is 0. The lowest BCUT2D eigenvalue weighted by molar-refractivity contribution is -0.929. The summed E-state index contributed by atoms with van der Waals surface area (Å²) < 4.78 is 1.21. The van der Waals surface area contributed by atoms with Crippen LogP contribution in [-0.2, 0) is 4.79 Å². The Morgan fingerprint density at radius 3 is 1.86 bits per heavy atom. The van der Waals surface area contributed by atoms with Crippen molar-refractivity contribution in [1.29, 1.82) is 0 Å². The number of carbonyl (C=O) groups excluding carboxylic acids is 1. The highest BCUT2D eigenvalue weighted by Gasteiger charge is 2.30. The molecule has 0 aliphatic carbocycles. The fourth-order valence-corrected chi connectivity index (χ4v) is 2.47. The third-order valence-corrected chi connectivity index (χ3v) is 3.13. The lowest BCUT2D eigenvalue weighted by atomic mass is 10.1. The maximum atomic E-state index is 11.1. The van der Waals surface area contributed by atoms with Crippen molar-refractivity contribution in [2.75, 3.05) is 26.2 Å². The van der Waals surface area contributed by atoms with E-state index in [4.69, 9.17) is 0 Å². The first-order chi connectivity index (χ1) is 6.22. The summed E-state index contributed by atoms with van der Waals surface area (Å²) in [6.45, 7) is 9.21. The van der Waals surface area contributed by atoms with Crippen molar-refractivity contribution in [2.45, 2.75) is 39.5 Å². The first-order valence-corrected chi connectivity index (χ1v) is 5.59. The smallest absolute Gasteiger partial charge is 0.144 e. The molecule has 0 atom stereocenters. The topological polar surface area (TPSA) is 17.1 Å². The molecule has 2 nitrogen and oxygen atoms in total. The van der Waals surface area contributed by atoms with Gasteiger partial charge in [-0.1, -0.05) is 13.8 Å². The van der Waals surface area contributed by atoms with E-state index in [9.17, 15) is 4.79 Å². The molecule has 0 radical (unpaired) electrons. The van der Waals surface area contributed by atoms with Crippen LogP contribution in [-0.4, -0.2) is 36.4 Å². The third kappa shape index (κ3) is 3.70. The van der Waals surface area contributed by atoms with Crippen molar-refractivity contribution in [3.8, 4) is 0 Å². The molecular formula is C11H22BrNO. The summed E-state index contributed by atoms with van der Waals surface area (Å²) in [5, 5.41) is 0. The van der Waals surface area contributed by atoms with Gasteiger partial charge in [-0.25, -0.2) is 0 Å². The number of rotatable bonds is 4. The molecule has 3 heteroatoms. The number of piperidine rings is 1. The molecule has 0 spiro atoms. The summed E-state index contributed by atoms with van der Waals surface area (Å²) in [7, 11) is 0. The van der Waals surface area contributed by atoms with Gasteiger partial charge in [0.05, 0.1) is 39.0 Å². The van der Waals surface area contributed by atoms with Crippen molar-refractivity contribution in [3.05, 3.63) is 0 Å². The highest BCUT2D eigenvalue weighted by molar-refractivity contribution is 5.78. The highest BCUT2D eigenvalue weighted by Crippen LogP contribution is 2.18. The second-order valence-corrected chi connectivity index (χ2v) is 4.27. The van der Waals surface area contributed by atoms with Crippen LogP contribution in [0.15, 0.2) is 0 Å². The van der Waals surface area contributed by atoms with Crippen LogP contribution in [0.4, 0.5) is 0 Å². The molecule has 0 unspecified atom stereocenters. The Balaban J connectivity index is 0.00000169. The minimum absolute atomic E-state index is 0. The highest BCUT2D eigenvalue weighted by atomic mass is 79.9. The van der Waals surface area contributed by atoms with Gasteiger partial charge in [-0.3, -0.25) is 4.79 Å². The van der Waals surface area contributed by atoms with Gasteiger partial charge in [0.15, 0.2) is 0 Å². The minimum atomic E-state index is 0. The predicted octanol–water partition coefficient (Wildman–Crippen LogP) is -1.01. The van der Waals surface area contributed by atoms with Gasteiger partial charge in [0.2, 0.25) is 0 Å². The van der Waals surface area contributed by atoms with Crippen molar-refractivity contribution in [2.24, 2.45) is 0 Å². The van der Waals surface area contributed by atoms with E-state index in [1.54, 1.807) is 0 Å². The molecule has 1 aliphatic heterocycles. The van der Waals surface area contributed by atoms with Gasteiger partial charge in [0.25, 0.3) is 0 Å². The first kappa shape index (κ1) is 14.1. The number of quaternary nitrogens is 1. The van der Waals surface area contributed by atoms with Crippen LogP contribution < -0.4 is 17.0 Å². The molecule has 1 saturated heterocycles. The fraction of sp³-hybridized carbons (Fsp3) is 0.909. The molecule has 14 heavy (non-hydrogen) atoms. The van der Waals surface area contributed by atoms with E-state index in [-0.39, 0.29) is 17.0 Å². The second kappa shape index (κ2) is 6.57. The van der Waals surface area contributed by atoms with Crippen LogP contribution >= 0.6 is 0 Å². The molecule has 1 aliphatic rings. The number of ketones is 1. The van der Waals surface area contributed by atoms with E-state index in [0.717, 1.165) is 25.9 Å².